The van der Waals surface area contributed by atoms with Gasteiger partial charge < -0.3 is 5.11 Å². The third-order valence-corrected chi connectivity index (χ3v) is 2.92. The largest absolute Gasteiger partial charge is 0.481 e. The first kappa shape index (κ1) is 20.2. The third kappa shape index (κ3) is 18.2. The molecule has 2 nitrogen and oxygen atoms in total. The number of allylic oxidation sites excluding steroid dienone is 10. The second-order valence-corrected chi connectivity index (χ2v) is 4.99. The number of rotatable bonds is 13. The minimum absolute atomic E-state index is 0.258. The predicted octanol–water partition coefficient (Wildman–Crippen LogP) is 5.99. The lowest BCUT2D eigenvalue weighted by atomic mass is 10.2. The van der Waals surface area contributed by atoms with Gasteiger partial charge in [-0.1, -0.05) is 67.7 Å². The molecule has 0 aliphatic rings. The Morgan fingerprint density at radius 2 is 1.14 bits per heavy atom. The van der Waals surface area contributed by atoms with Crippen LogP contribution in [0.3, 0.4) is 0 Å². The van der Waals surface area contributed by atoms with Crippen molar-refractivity contribution in [2.24, 2.45) is 0 Å². The third-order valence-electron chi connectivity index (χ3n) is 2.92. The van der Waals surface area contributed by atoms with Crippen LogP contribution >= 0.6 is 0 Å². The van der Waals surface area contributed by atoms with E-state index in [-0.39, 0.29) is 6.42 Å². The number of aliphatic carboxylic acids is 1. The molecule has 0 aliphatic heterocycles. The van der Waals surface area contributed by atoms with Crippen LogP contribution in [-0.2, 0) is 4.79 Å². The number of hydrogen-bond acceptors (Lipinski definition) is 1. The van der Waals surface area contributed by atoms with Crippen LogP contribution in [0.15, 0.2) is 60.8 Å². The van der Waals surface area contributed by atoms with Gasteiger partial charge in [0.15, 0.2) is 0 Å². The van der Waals surface area contributed by atoms with Gasteiger partial charge in [-0.05, 0) is 44.9 Å². The van der Waals surface area contributed by atoms with E-state index in [2.05, 4.69) is 67.7 Å². The molecule has 0 unspecified atom stereocenters. The molecule has 0 amide bonds. The van der Waals surface area contributed by atoms with E-state index in [0.29, 0.717) is 0 Å². The summed E-state index contributed by atoms with van der Waals surface area (Å²) in [5.74, 6) is -0.715. The summed E-state index contributed by atoms with van der Waals surface area (Å²) < 4.78 is 0. The molecular weight excluding hydrogens is 272 g/mol. The number of unbranched alkanes of at least 4 members (excludes halogenated alkanes) is 1. The van der Waals surface area contributed by atoms with Crippen molar-refractivity contribution < 1.29 is 9.90 Å². The smallest absolute Gasteiger partial charge is 0.303 e. The van der Waals surface area contributed by atoms with E-state index < -0.39 is 5.97 Å². The predicted molar refractivity (Wildman–Crippen MR) is 95.9 cm³/mol. The van der Waals surface area contributed by atoms with Crippen molar-refractivity contribution in [1.82, 2.24) is 0 Å². The Morgan fingerprint density at radius 3 is 1.55 bits per heavy atom. The Hall–Kier alpha value is -1.83. The molecule has 0 saturated heterocycles. The zero-order valence-corrected chi connectivity index (χ0v) is 13.8. The lowest BCUT2D eigenvalue weighted by molar-refractivity contribution is -0.137. The Bertz CT molecular complexity index is 398. The molecule has 0 saturated carbocycles. The first-order chi connectivity index (χ1) is 10.8. The van der Waals surface area contributed by atoms with Crippen LogP contribution in [0.4, 0.5) is 0 Å². The van der Waals surface area contributed by atoms with Gasteiger partial charge in [0, 0.05) is 6.42 Å². The van der Waals surface area contributed by atoms with Crippen LogP contribution in [0.1, 0.15) is 58.3 Å². The van der Waals surface area contributed by atoms with Crippen molar-refractivity contribution >= 4 is 5.97 Å². The summed E-state index contributed by atoms with van der Waals surface area (Å²) in [6.45, 7) is 2.14. The van der Waals surface area contributed by atoms with Crippen molar-refractivity contribution in [3.05, 3.63) is 60.8 Å². The standard InChI is InChI=1S/C20H30O2/c1-2-3-4-5-6-7-8-9-10-11-12-13-14-15-16-17-18-19-20(21)22/h3-4,6-7,9-10,12-13,15-16H,2,5,8,11,14,17-19H2,1H3,(H,21,22)/b4-3-,7-6-,10-9+,13-12-,16-15+. The highest BCUT2D eigenvalue weighted by molar-refractivity contribution is 5.66. The van der Waals surface area contributed by atoms with Gasteiger partial charge >= 0.3 is 5.97 Å². The maximum Gasteiger partial charge on any atom is 0.303 e. The molecule has 0 fully saturated rings. The monoisotopic (exact) mass is 302 g/mol. The van der Waals surface area contributed by atoms with Crippen LogP contribution in [0.2, 0.25) is 0 Å². The Labute approximate surface area is 135 Å². The minimum Gasteiger partial charge on any atom is -0.481 e. The molecule has 2 heteroatoms. The highest BCUT2D eigenvalue weighted by atomic mass is 16.4. The lowest BCUT2D eigenvalue weighted by Gasteiger charge is -1.89. The summed E-state index contributed by atoms with van der Waals surface area (Å²) in [4.78, 5) is 10.3. The summed E-state index contributed by atoms with van der Waals surface area (Å²) >= 11 is 0. The molecule has 0 rings (SSSR count). The molecule has 22 heavy (non-hydrogen) atoms. The maximum atomic E-state index is 10.3. The van der Waals surface area contributed by atoms with E-state index >= 15 is 0 Å². The Kier molecular flexibility index (Phi) is 15.8. The van der Waals surface area contributed by atoms with Gasteiger partial charge in [0.05, 0.1) is 0 Å². The second-order valence-electron chi connectivity index (χ2n) is 4.99. The van der Waals surface area contributed by atoms with E-state index in [1.165, 1.54) is 0 Å². The molecule has 0 radical (unpaired) electrons. The number of hydrogen-bond donors (Lipinski definition) is 1. The zero-order valence-electron chi connectivity index (χ0n) is 13.8. The summed E-state index contributed by atoms with van der Waals surface area (Å²) in [6.07, 6.45) is 28.4. The molecule has 0 spiro atoms. The topological polar surface area (TPSA) is 37.3 Å². The fourth-order valence-corrected chi connectivity index (χ4v) is 1.74. The van der Waals surface area contributed by atoms with Crippen LogP contribution in [-0.4, -0.2) is 11.1 Å². The van der Waals surface area contributed by atoms with Gasteiger partial charge in [0.1, 0.15) is 0 Å². The Balaban J connectivity index is 3.46. The fourth-order valence-electron chi connectivity index (χ4n) is 1.74. The summed E-state index contributed by atoms with van der Waals surface area (Å²) in [5, 5.41) is 8.49. The van der Waals surface area contributed by atoms with Crippen molar-refractivity contribution in [1.29, 1.82) is 0 Å². The van der Waals surface area contributed by atoms with E-state index in [4.69, 9.17) is 5.11 Å². The van der Waals surface area contributed by atoms with Crippen molar-refractivity contribution in [3.8, 4) is 0 Å². The molecule has 0 aromatic carbocycles. The zero-order chi connectivity index (χ0) is 16.3. The van der Waals surface area contributed by atoms with Crippen LogP contribution in [0.5, 0.6) is 0 Å². The first-order valence-electron chi connectivity index (χ1n) is 8.24. The highest BCUT2D eigenvalue weighted by Gasteiger charge is 1.92. The summed E-state index contributed by atoms with van der Waals surface area (Å²) in [5.41, 5.74) is 0. The number of carboxylic acids is 1. The quantitative estimate of drug-likeness (QED) is 0.335. The SMILES string of the molecule is CC/C=C\C/C=C\C/C=C/C/C=C\C/C=C/CCCC(=O)O. The molecule has 0 atom stereocenters. The van der Waals surface area contributed by atoms with Gasteiger partial charge in [0.25, 0.3) is 0 Å². The molecule has 0 aliphatic carbocycles. The highest BCUT2D eigenvalue weighted by Crippen LogP contribution is 1.99. The van der Waals surface area contributed by atoms with E-state index in [0.717, 1.165) is 44.9 Å². The van der Waals surface area contributed by atoms with Crippen molar-refractivity contribution in [2.75, 3.05) is 0 Å². The maximum absolute atomic E-state index is 10.3. The minimum atomic E-state index is -0.715. The van der Waals surface area contributed by atoms with Gasteiger partial charge in [-0.2, -0.15) is 0 Å². The number of carbonyl (C=O) groups is 1. The summed E-state index contributed by atoms with van der Waals surface area (Å²) in [6, 6.07) is 0. The van der Waals surface area contributed by atoms with Crippen LogP contribution in [0, 0.1) is 0 Å². The Morgan fingerprint density at radius 1 is 0.727 bits per heavy atom. The molecule has 0 aromatic rings. The fraction of sp³-hybridized carbons (Fsp3) is 0.450. The average Bonchev–Trinajstić information content (AvgIpc) is 2.50. The second kappa shape index (κ2) is 17.2. The average molecular weight is 302 g/mol. The molecule has 122 valence electrons. The van der Waals surface area contributed by atoms with Crippen LogP contribution in [0.25, 0.3) is 0 Å². The van der Waals surface area contributed by atoms with E-state index in [9.17, 15) is 4.79 Å². The lowest BCUT2D eigenvalue weighted by Crippen LogP contribution is -1.92. The number of carboxylic acid groups (broad SMARTS) is 1. The normalized spacial score (nSPS) is 12.8. The van der Waals surface area contributed by atoms with E-state index in [1.807, 2.05) is 0 Å². The van der Waals surface area contributed by atoms with Crippen molar-refractivity contribution in [2.45, 2.75) is 58.3 Å². The first-order valence-corrected chi connectivity index (χ1v) is 8.24. The van der Waals surface area contributed by atoms with Gasteiger partial charge in [-0.25, -0.2) is 0 Å². The molecule has 0 aromatic heterocycles. The van der Waals surface area contributed by atoms with Gasteiger partial charge in [0.2, 0.25) is 0 Å². The van der Waals surface area contributed by atoms with E-state index in [1.54, 1.807) is 0 Å². The van der Waals surface area contributed by atoms with Crippen molar-refractivity contribution in [3.63, 3.8) is 0 Å². The molecular formula is C20H30O2. The van der Waals surface area contributed by atoms with Gasteiger partial charge in [-0.15, -0.1) is 0 Å². The molecule has 0 bridgehead atoms. The molecule has 0 heterocycles. The van der Waals surface area contributed by atoms with Gasteiger partial charge in [-0.3, -0.25) is 4.79 Å². The van der Waals surface area contributed by atoms with Crippen LogP contribution < -0.4 is 0 Å². The summed E-state index contributed by atoms with van der Waals surface area (Å²) in [7, 11) is 0. The molecule has 1 N–H and O–H groups in total.